The van der Waals surface area contributed by atoms with Crippen LogP contribution in [0.1, 0.15) is 21.9 Å². The van der Waals surface area contributed by atoms with Gasteiger partial charge >= 0.3 is 0 Å². The van der Waals surface area contributed by atoms with Crippen molar-refractivity contribution in [3.63, 3.8) is 0 Å². The van der Waals surface area contributed by atoms with Crippen molar-refractivity contribution in [3.8, 4) is 0 Å². The summed E-state index contributed by atoms with van der Waals surface area (Å²) in [6.45, 7) is 3.44. The first-order valence-corrected chi connectivity index (χ1v) is 3.76. The second-order valence-corrected chi connectivity index (χ2v) is 2.66. The lowest BCUT2D eigenvalue weighted by Crippen LogP contribution is -2.00. The maximum Gasteiger partial charge on any atom is 0.203 e. The topological polar surface area (TPSA) is 79.0 Å². The Kier molecular flexibility index (Phi) is 2.72. The van der Waals surface area contributed by atoms with Crippen LogP contribution in [0, 0.1) is 13.8 Å². The average molecular weight is 179 g/mol. The summed E-state index contributed by atoms with van der Waals surface area (Å²) in [5.41, 5.74) is 8.92. The molecule has 0 aliphatic rings. The quantitative estimate of drug-likeness (QED) is 0.309. The highest BCUT2D eigenvalue weighted by Gasteiger charge is 2.10. The van der Waals surface area contributed by atoms with Gasteiger partial charge in [0.2, 0.25) is 5.78 Å². The van der Waals surface area contributed by atoms with E-state index >= 15 is 0 Å². The number of azide groups is 1. The number of hydrogen-bond acceptors (Lipinski definition) is 3. The number of aryl methyl sites for hydroxylation is 2. The number of rotatable bonds is 3. The Morgan fingerprint density at radius 3 is 2.85 bits per heavy atom. The fraction of sp³-hybridized carbons (Fsp3) is 0.375. The summed E-state index contributed by atoms with van der Waals surface area (Å²) < 4.78 is 5.14. The van der Waals surface area contributed by atoms with Crippen molar-refractivity contribution in [1.82, 2.24) is 0 Å². The van der Waals surface area contributed by atoms with Gasteiger partial charge in [-0.15, -0.1) is 0 Å². The monoisotopic (exact) mass is 179 g/mol. The molecule has 0 fully saturated rings. The van der Waals surface area contributed by atoms with E-state index in [1.165, 1.54) is 0 Å². The Balaban J connectivity index is 2.83. The summed E-state index contributed by atoms with van der Waals surface area (Å²) >= 11 is 0. The number of furan rings is 1. The predicted octanol–water partition coefficient (Wildman–Crippen LogP) is 2.39. The SMILES string of the molecule is Cc1cc(C(=O)CN=[N+]=[N-])oc1C. The van der Waals surface area contributed by atoms with Crippen LogP contribution >= 0.6 is 0 Å². The van der Waals surface area contributed by atoms with E-state index in [1.807, 2.05) is 6.92 Å². The zero-order valence-corrected chi connectivity index (χ0v) is 7.44. The minimum absolute atomic E-state index is 0.192. The number of hydrogen-bond donors (Lipinski definition) is 0. The van der Waals surface area contributed by atoms with Gasteiger partial charge in [-0.25, -0.2) is 0 Å². The average Bonchev–Trinajstić information content (AvgIpc) is 2.43. The van der Waals surface area contributed by atoms with Crippen molar-refractivity contribution in [2.24, 2.45) is 5.11 Å². The molecule has 0 atom stereocenters. The van der Waals surface area contributed by atoms with Crippen LogP contribution in [0.3, 0.4) is 0 Å². The zero-order chi connectivity index (χ0) is 9.84. The predicted molar refractivity (Wildman–Crippen MR) is 46.5 cm³/mol. The van der Waals surface area contributed by atoms with Crippen LogP contribution in [0.2, 0.25) is 0 Å². The molecular weight excluding hydrogens is 170 g/mol. The van der Waals surface area contributed by atoms with Gasteiger partial charge in [0.25, 0.3) is 0 Å². The number of nitrogens with zero attached hydrogens (tertiary/aromatic N) is 3. The molecule has 68 valence electrons. The van der Waals surface area contributed by atoms with Crippen LogP contribution in [0.15, 0.2) is 15.6 Å². The van der Waals surface area contributed by atoms with Crippen molar-refractivity contribution < 1.29 is 9.21 Å². The third-order valence-corrected chi connectivity index (χ3v) is 1.72. The van der Waals surface area contributed by atoms with Gasteiger partial charge in [0.05, 0.1) is 6.54 Å². The van der Waals surface area contributed by atoms with Crippen LogP contribution in [0.5, 0.6) is 0 Å². The molecule has 0 bridgehead atoms. The summed E-state index contributed by atoms with van der Waals surface area (Å²) in [6, 6.07) is 1.64. The van der Waals surface area contributed by atoms with Gasteiger partial charge < -0.3 is 4.42 Å². The molecule has 0 aliphatic carbocycles. The molecule has 1 aromatic heterocycles. The van der Waals surface area contributed by atoms with E-state index in [0.717, 1.165) is 5.56 Å². The van der Waals surface area contributed by atoms with Crippen molar-refractivity contribution in [3.05, 3.63) is 33.6 Å². The van der Waals surface area contributed by atoms with E-state index in [-0.39, 0.29) is 18.1 Å². The van der Waals surface area contributed by atoms with E-state index in [4.69, 9.17) is 9.95 Å². The highest BCUT2D eigenvalue weighted by atomic mass is 16.3. The largest absolute Gasteiger partial charge is 0.458 e. The van der Waals surface area contributed by atoms with Crippen molar-refractivity contribution in [2.45, 2.75) is 13.8 Å². The Hall–Kier alpha value is -1.74. The molecule has 5 heteroatoms. The van der Waals surface area contributed by atoms with Gasteiger partial charge in [-0.1, -0.05) is 5.11 Å². The number of Topliss-reactive ketones (excluding diaryl/α,β-unsaturated/α-hetero) is 1. The van der Waals surface area contributed by atoms with E-state index in [0.29, 0.717) is 5.76 Å². The minimum atomic E-state index is -0.297. The Morgan fingerprint density at radius 2 is 2.38 bits per heavy atom. The second kappa shape index (κ2) is 3.78. The third-order valence-electron chi connectivity index (χ3n) is 1.72. The first kappa shape index (κ1) is 9.35. The molecule has 0 amide bonds. The molecule has 0 saturated heterocycles. The van der Waals surface area contributed by atoms with Gasteiger partial charge in [0.15, 0.2) is 5.76 Å². The number of carbonyl (C=O) groups excluding carboxylic acids is 1. The van der Waals surface area contributed by atoms with Gasteiger partial charge in [0.1, 0.15) is 5.76 Å². The van der Waals surface area contributed by atoms with Crippen LogP contribution in [0.25, 0.3) is 10.4 Å². The molecule has 0 aromatic carbocycles. The number of ketones is 1. The smallest absolute Gasteiger partial charge is 0.203 e. The van der Waals surface area contributed by atoms with Crippen LogP contribution in [0.4, 0.5) is 0 Å². The lowest BCUT2D eigenvalue weighted by molar-refractivity contribution is 0.0974. The molecule has 0 spiro atoms. The normalized spacial score (nSPS) is 9.38. The van der Waals surface area contributed by atoms with Gasteiger partial charge in [-0.2, -0.15) is 0 Å². The fourth-order valence-corrected chi connectivity index (χ4v) is 0.884. The summed E-state index contributed by atoms with van der Waals surface area (Å²) in [6.07, 6.45) is 0. The Bertz CT molecular complexity index is 355. The molecule has 1 rings (SSSR count). The molecule has 0 radical (unpaired) electrons. The standard InChI is InChI=1S/C8H9N3O2/c1-5-3-8(13-6(5)2)7(12)4-10-11-9/h3H,4H2,1-2H3. The van der Waals surface area contributed by atoms with Crippen LogP contribution in [-0.4, -0.2) is 12.3 Å². The summed E-state index contributed by atoms with van der Waals surface area (Å²) in [4.78, 5) is 13.7. The van der Waals surface area contributed by atoms with Gasteiger partial charge in [-0.05, 0) is 31.0 Å². The molecule has 13 heavy (non-hydrogen) atoms. The second-order valence-electron chi connectivity index (χ2n) is 2.66. The molecular formula is C8H9N3O2. The maximum absolute atomic E-state index is 11.2. The highest BCUT2D eigenvalue weighted by molar-refractivity contribution is 5.95. The van der Waals surface area contributed by atoms with E-state index in [2.05, 4.69) is 10.0 Å². The molecule has 0 unspecified atom stereocenters. The lowest BCUT2D eigenvalue weighted by atomic mass is 10.2. The first-order valence-electron chi connectivity index (χ1n) is 3.76. The van der Waals surface area contributed by atoms with Crippen molar-refractivity contribution >= 4 is 5.78 Å². The minimum Gasteiger partial charge on any atom is -0.458 e. The molecule has 0 saturated carbocycles. The molecule has 1 aromatic rings. The Labute approximate surface area is 75.0 Å². The summed E-state index contributed by atoms with van der Waals surface area (Å²) in [7, 11) is 0. The van der Waals surface area contributed by atoms with E-state index in [1.54, 1.807) is 13.0 Å². The van der Waals surface area contributed by atoms with Crippen LogP contribution in [-0.2, 0) is 0 Å². The highest BCUT2D eigenvalue weighted by Crippen LogP contribution is 2.13. The third kappa shape index (κ3) is 2.10. The van der Waals surface area contributed by atoms with Crippen LogP contribution < -0.4 is 0 Å². The van der Waals surface area contributed by atoms with Gasteiger partial charge in [0, 0.05) is 4.91 Å². The lowest BCUT2D eigenvalue weighted by Gasteiger charge is -1.88. The first-order chi connectivity index (χ1) is 6.15. The number of carbonyl (C=O) groups is 1. The van der Waals surface area contributed by atoms with Gasteiger partial charge in [-0.3, -0.25) is 4.79 Å². The van der Waals surface area contributed by atoms with E-state index in [9.17, 15) is 4.79 Å². The van der Waals surface area contributed by atoms with E-state index < -0.39 is 0 Å². The van der Waals surface area contributed by atoms with Crippen molar-refractivity contribution in [2.75, 3.05) is 6.54 Å². The Morgan fingerprint density at radius 1 is 1.69 bits per heavy atom. The maximum atomic E-state index is 11.2. The molecule has 0 N–H and O–H groups in total. The molecule has 5 nitrogen and oxygen atoms in total. The van der Waals surface area contributed by atoms with Crippen molar-refractivity contribution in [1.29, 1.82) is 0 Å². The summed E-state index contributed by atoms with van der Waals surface area (Å²) in [5.74, 6) is 0.667. The zero-order valence-electron chi connectivity index (χ0n) is 7.44. The fourth-order valence-electron chi connectivity index (χ4n) is 0.884. The summed E-state index contributed by atoms with van der Waals surface area (Å²) in [5, 5.41) is 3.16. The molecule has 1 heterocycles. The molecule has 0 aliphatic heterocycles.